The zero-order chi connectivity index (χ0) is 12.3. The highest BCUT2D eigenvalue weighted by molar-refractivity contribution is 7.99. The molecule has 1 aliphatic carbocycles. The molecule has 1 saturated carbocycles. The van der Waals surface area contributed by atoms with E-state index in [-0.39, 0.29) is 11.4 Å². The van der Waals surface area contributed by atoms with Crippen LogP contribution in [0.1, 0.15) is 31.5 Å². The summed E-state index contributed by atoms with van der Waals surface area (Å²) in [6.45, 7) is 3.26. The second kappa shape index (κ2) is 5.84. The number of aryl methyl sites for hydroxylation is 1. The first-order valence-corrected chi connectivity index (χ1v) is 7.05. The Morgan fingerprint density at radius 1 is 1.41 bits per heavy atom. The van der Waals surface area contributed by atoms with Gasteiger partial charge in [0.25, 0.3) is 0 Å². The molecule has 0 aliphatic heterocycles. The van der Waals surface area contributed by atoms with Crippen molar-refractivity contribution in [1.82, 2.24) is 14.8 Å². The van der Waals surface area contributed by atoms with Gasteiger partial charge < -0.3 is 15.4 Å². The summed E-state index contributed by atoms with van der Waals surface area (Å²) in [5.74, 6) is 0.892. The van der Waals surface area contributed by atoms with Gasteiger partial charge in [0.05, 0.1) is 6.10 Å². The molecule has 96 valence electrons. The fourth-order valence-corrected chi connectivity index (χ4v) is 3.47. The molecule has 3 N–H and O–H groups in total. The van der Waals surface area contributed by atoms with Crippen molar-refractivity contribution in [2.75, 3.05) is 6.54 Å². The van der Waals surface area contributed by atoms with Crippen LogP contribution in [0.2, 0.25) is 0 Å². The SMILES string of the molecule is Cc1nnc(SC2CCCCC2O)n1CCN. The van der Waals surface area contributed by atoms with E-state index in [2.05, 4.69) is 10.2 Å². The number of aliphatic hydroxyl groups excluding tert-OH is 1. The van der Waals surface area contributed by atoms with Crippen LogP contribution in [0.15, 0.2) is 5.16 Å². The second-order valence-corrected chi connectivity index (χ2v) is 5.68. The van der Waals surface area contributed by atoms with E-state index in [0.717, 1.165) is 36.8 Å². The number of nitrogens with zero attached hydrogens (tertiary/aromatic N) is 3. The standard InChI is InChI=1S/C11H20N4OS/c1-8-13-14-11(15(8)7-6-12)17-10-5-3-2-4-9(10)16/h9-10,16H,2-7,12H2,1H3. The summed E-state index contributed by atoms with van der Waals surface area (Å²) in [6, 6.07) is 0. The number of thioether (sulfide) groups is 1. The fourth-order valence-electron chi connectivity index (χ4n) is 2.19. The Morgan fingerprint density at radius 2 is 2.18 bits per heavy atom. The quantitative estimate of drug-likeness (QED) is 0.838. The van der Waals surface area contributed by atoms with Crippen LogP contribution < -0.4 is 5.73 Å². The van der Waals surface area contributed by atoms with Gasteiger partial charge in [0.2, 0.25) is 0 Å². The number of rotatable bonds is 4. The predicted molar refractivity (Wildman–Crippen MR) is 67.9 cm³/mol. The highest BCUT2D eigenvalue weighted by Gasteiger charge is 2.26. The van der Waals surface area contributed by atoms with Gasteiger partial charge in [0.1, 0.15) is 5.82 Å². The minimum Gasteiger partial charge on any atom is -0.392 e. The van der Waals surface area contributed by atoms with Crippen LogP contribution in [0.4, 0.5) is 0 Å². The predicted octanol–water partition coefficient (Wildman–Crippen LogP) is 0.941. The zero-order valence-corrected chi connectivity index (χ0v) is 11.0. The maximum atomic E-state index is 9.95. The molecule has 1 aromatic rings. The summed E-state index contributed by atoms with van der Waals surface area (Å²) >= 11 is 1.64. The van der Waals surface area contributed by atoms with Crippen LogP contribution >= 0.6 is 11.8 Å². The molecule has 1 fully saturated rings. The molecule has 1 aromatic heterocycles. The summed E-state index contributed by atoms with van der Waals surface area (Å²) in [4.78, 5) is 0. The average Bonchev–Trinajstić information content (AvgIpc) is 2.65. The first kappa shape index (κ1) is 12.9. The Morgan fingerprint density at radius 3 is 2.88 bits per heavy atom. The van der Waals surface area contributed by atoms with Gasteiger partial charge >= 0.3 is 0 Å². The van der Waals surface area contributed by atoms with E-state index >= 15 is 0 Å². The third kappa shape index (κ3) is 3.00. The molecule has 6 heteroatoms. The van der Waals surface area contributed by atoms with Crippen molar-refractivity contribution in [2.24, 2.45) is 5.73 Å². The van der Waals surface area contributed by atoms with Crippen LogP contribution in [0.3, 0.4) is 0 Å². The molecule has 0 radical (unpaired) electrons. The number of aromatic nitrogens is 3. The highest BCUT2D eigenvalue weighted by Crippen LogP contribution is 2.33. The van der Waals surface area contributed by atoms with Crippen molar-refractivity contribution in [3.05, 3.63) is 5.82 Å². The molecule has 5 nitrogen and oxygen atoms in total. The summed E-state index contributed by atoms with van der Waals surface area (Å²) in [5.41, 5.74) is 5.58. The first-order valence-electron chi connectivity index (χ1n) is 6.17. The Balaban J connectivity index is 2.06. The smallest absolute Gasteiger partial charge is 0.191 e. The van der Waals surface area contributed by atoms with Crippen molar-refractivity contribution in [3.8, 4) is 0 Å². The van der Waals surface area contributed by atoms with Crippen molar-refractivity contribution in [2.45, 2.75) is 55.7 Å². The molecule has 0 bridgehead atoms. The second-order valence-electron chi connectivity index (χ2n) is 4.48. The highest BCUT2D eigenvalue weighted by atomic mass is 32.2. The monoisotopic (exact) mass is 256 g/mol. The molecule has 2 unspecified atom stereocenters. The number of aliphatic hydroxyl groups is 1. The van der Waals surface area contributed by atoms with Crippen molar-refractivity contribution in [3.63, 3.8) is 0 Å². The van der Waals surface area contributed by atoms with Crippen molar-refractivity contribution in [1.29, 1.82) is 0 Å². The molecule has 17 heavy (non-hydrogen) atoms. The molecule has 0 aromatic carbocycles. The van der Waals surface area contributed by atoms with Gasteiger partial charge in [-0.05, 0) is 19.8 Å². The number of hydrogen-bond acceptors (Lipinski definition) is 5. The Bertz CT molecular complexity index is 368. The lowest BCUT2D eigenvalue weighted by Gasteiger charge is -2.26. The Hall–Kier alpha value is -0.590. The van der Waals surface area contributed by atoms with Gasteiger partial charge in [-0.1, -0.05) is 24.6 Å². The van der Waals surface area contributed by atoms with Gasteiger partial charge in [-0.15, -0.1) is 10.2 Å². The number of hydrogen-bond donors (Lipinski definition) is 2. The Labute approximate surface area is 106 Å². The van der Waals surface area contributed by atoms with E-state index in [1.54, 1.807) is 11.8 Å². The molecule has 0 spiro atoms. The molecule has 1 aliphatic rings. The van der Waals surface area contributed by atoms with Gasteiger partial charge in [-0.2, -0.15) is 0 Å². The van der Waals surface area contributed by atoms with Gasteiger partial charge in [0.15, 0.2) is 5.16 Å². The van der Waals surface area contributed by atoms with E-state index in [9.17, 15) is 5.11 Å². The zero-order valence-electron chi connectivity index (χ0n) is 10.2. The molecule has 2 atom stereocenters. The maximum Gasteiger partial charge on any atom is 0.191 e. The molecule has 0 saturated heterocycles. The largest absolute Gasteiger partial charge is 0.392 e. The van der Waals surface area contributed by atoms with Gasteiger partial charge in [-0.3, -0.25) is 0 Å². The van der Waals surface area contributed by atoms with Crippen molar-refractivity contribution >= 4 is 11.8 Å². The maximum absolute atomic E-state index is 9.95. The Kier molecular flexibility index (Phi) is 4.42. The third-order valence-electron chi connectivity index (χ3n) is 3.18. The normalized spacial score (nSPS) is 25.1. The number of nitrogens with two attached hydrogens (primary N) is 1. The minimum atomic E-state index is -0.211. The van der Waals surface area contributed by atoms with E-state index in [1.165, 1.54) is 6.42 Å². The lowest BCUT2D eigenvalue weighted by Crippen LogP contribution is -2.27. The van der Waals surface area contributed by atoms with Crippen LogP contribution in [0.5, 0.6) is 0 Å². The van der Waals surface area contributed by atoms with E-state index < -0.39 is 0 Å². The summed E-state index contributed by atoms with van der Waals surface area (Å²) in [7, 11) is 0. The van der Waals surface area contributed by atoms with Crippen LogP contribution in [0, 0.1) is 6.92 Å². The lowest BCUT2D eigenvalue weighted by atomic mass is 9.97. The van der Waals surface area contributed by atoms with Crippen LogP contribution in [-0.2, 0) is 6.54 Å². The average molecular weight is 256 g/mol. The molecule has 2 rings (SSSR count). The molecule has 1 heterocycles. The molecular formula is C11H20N4OS. The summed E-state index contributed by atoms with van der Waals surface area (Å²) in [6.07, 6.45) is 4.07. The van der Waals surface area contributed by atoms with Crippen molar-refractivity contribution < 1.29 is 5.11 Å². The first-order chi connectivity index (χ1) is 8.22. The topological polar surface area (TPSA) is 77.0 Å². The summed E-state index contributed by atoms with van der Waals surface area (Å²) < 4.78 is 2.03. The van der Waals surface area contributed by atoms with Crippen LogP contribution in [0.25, 0.3) is 0 Å². The lowest BCUT2D eigenvalue weighted by molar-refractivity contribution is 0.137. The molecule has 0 amide bonds. The van der Waals surface area contributed by atoms with Crippen LogP contribution in [-0.4, -0.2) is 37.8 Å². The third-order valence-corrected chi connectivity index (χ3v) is 4.54. The van der Waals surface area contributed by atoms with Gasteiger partial charge in [0, 0.05) is 18.3 Å². The fraction of sp³-hybridized carbons (Fsp3) is 0.818. The molecular weight excluding hydrogens is 236 g/mol. The summed E-state index contributed by atoms with van der Waals surface area (Å²) in [5, 5.41) is 19.3. The van der Waals surface area contributed by atoms with E-state index in [0.29, 0.717) is 6.54 Å². The minimum absolute atomic E-state index is 0.211. The van der Waals surface area contributed by atoms with E-state index in [4.69, 9.17) is 5.73 Å². The van der Waals surface area contributed by atoms with Gasteiger partial charge in [-0.25, -0.2) is 0 Å². The van der Waals surface area contributed by atoms with E-state index in [1.807, 2.05) is 11.5 Å².